The van der Waals surface area contributed by atoms with Crippen LogP contribution >= 0.6 is 0 Å². The first kappa shape index (κ1) is 26.1. The molecule has 0 bridgehead atoms. The van der Waals surface area contributed by atoms with Crippen molar-refractivity contribution in [3.63, 3.8) is 0 Å². The highest BCUT2D eigenvalue weighted by atomic mass is 16.6. The van der Waals surface area contributed by atoms with E-state index in [0.29, 0.717) is 25.0 Å². The maximum absolute atomic E-state index is 13.5. The summed E-state index contributed by atoms with van der Waals surface area (Å²) < 4.78 is 19.0. The molecule has 0 spiro atoms. The molecule has 0 aromatic heterocycles. The van der Waals surface area contributed by atoms with Gasteiger partial charge in [-0.1, -0.05) is 91.0 Å². The van der Waals surface area contributed by atoms with Crippen LogP contribution in [0.2, 0.25) is 0 Å². The average Bonchev–Trinajstić information content (AvgIpc) is 3.20. The minimum absolute atomic E-state index is 0.0473. The summed E-state index contributed by atoms with van der Waals surface area (Å²) in [5.74, 6) is 0.945. The van der Waals surface area contributed by atoms with E-state index >= 15 is 0 Å². The van der Waals surface area contributed by atoms with Crippen LogP contribution in [0.4, 0.5) is 4.79 Å². The van der Waals surface area contributed by atoms with Crippen molar-refractivity contribution in [2.75, 3.05) is 6.61 Å². The number of hydrogen-bond acceptors (Lipinski definition) is 4. The summed E-state index contributed by atoms with van der Waals surface area (Å²) in [6.45, 7) is 1.31. The predicted molar refractivity (Wildman–Crippen MR) is 151 cm³/mol. The van der Waals surface area contributed by atoms with Crippen molar-refractivity contribution >= 4 is 6.09 Å². The van der Waals surface area contributed by atoms with Gasteiger partial charge in [0, 0.05) is 12.0 Å². The molecule has 3 aromatic carbocycles. The molecule has 6 rings (SSSR count). The van der Waals surface area contributed by atoms with Crippen molar-refractivity contribution in [1.82, 2.24) is 4.90 Å². The van der Waals surface area contributed by atoms with Crippen LogP contribution in [0.25, 0.3) is 0 Å². The quantitative estimate of drug-likeness (QED) is 0.299. The van der Waals surface area contributed by atoms with Gasteiger partial charge >= 0.3 is 6.09 Å². The Morgan fingerprint density at radius 1 is 0.692 bits per heavy atom. The van der Waals surface area contributed by atoms with Gasteiger partial charge in [0.25, 0.3) is 0 Å². The number of rotatable bonds is 9. The van der Waals surface area contributed by atoms with E-state index in [2.05, 4.69) is 42.5 Å². The lowest BCUT2D eigenvalue weighted by atomic mass is 9.78. The third-order valence-corrected chi connectivity index (χ3v) is 8.95. The minimum atomic E-state index is -0.249. The molecular weight excluding hydrogens is 486 g/mol. The monoisotopic (exact) mass is 525 g/mol. The van der Waals surface area contributed by atoms with Gasteiger partial charge < -0.3 is 14.2 Å². The van der Waals surface area contributed by atoms with Crippen molar-refractivity contribution in [1.29, 1.82) is 0 Å². The zero-order valence-electron chi connectivity index (χ0n) is 22.6. The lowest BCUT2D eigenvalue weighted by molar-refractivity contribution is -0.0544. The summed E-state index contributed by atoms with van der Waals surface area (Å²) in [5, 5.41) is 0. The maximum atomic E-state index is 13.5. The van der Waals surface area contributed by atoms with E-state index in [4.69, 9.17) is 14.2 Å². The Kier molecular flexibility index (Phi) is 8.27. The molecule has 0 N–H and O–H groups in total. The zero-order chi connectivity index (χ0) is 26.4. The lowest BCUT2D eigenvalue weighted by Gasteiger charge is -2.36. The second kappa shape index (κ2) is 12.4. The lowest BCUT2D eigenvalue weighted by Crippen LogP contribution is -2.48. The molecule has 1 aliphatic heterocycles. The second-order valence-corrected chi connectivity index (χ2v) is 11.3. The fraction of sp³-hybridized carbons (Fsp3) is 0.441. The fourth-order valence-electron chi connectivity index (χ4n) is 6.69. The number of carbonyl (C=O) groups is 1. The number of likely N-dealkylation sites (tertiary alicyclic amines) is 1. The molecule has 5 heteroatoms. The van der Waals surface area contributed by atoms with Gasteiger partial charge in [0.15, 0.2) is 0 Å². The van der Waals surface area contributed by atoms with Gasteiger partial charge in [-0.05, 0) is 61.1 Å². The fourth-order valence-corrected chi connectivity index (χ4v) is 6.69. The third-order valence-electron chi connectivity index (χ3n) is 8.95. The van der Waals surface area contributed by atoms with Gasteiger partial charge in [-0.15, -0.1) is 0 Å². The van der Waals surface area contributed by atoms with Crippen molar-refractivity contribution < 1.29 is 19.0 Å². The van der Waals surface area contributed by atoms with Gasteiger partial charge in [0.05, 0.1) is 31.5 Å². The van der Waals surface area contributed by atoms with Crippen LogP contribution in [0.15, 0.2) is 91.0 Å². The zero-order valence-corrected chi connectivity index (χ0v) is 22.6. The highest BCUT2D eigenvalue weighted by Crippen LogP contribution is 2.46. The smallest absolute Gasteiger partial charge is 0.410 e. The molecule has 39 heavy (non-hydrogen) atoms. The molecule has 1 heterocycles. The van der Waals surface area contributed by atoms with Gasteiger partial charge in [0.2, 0.25) is 0 Å². The molecule has 2 aliphatic carbocycles. The average molecular weight is 526 g/mol. The molecule has 0 radical (unpaired) electrons. The largest absolute Gasteiger partial charge is 0.445 e. The standard InChI is InChI=1S/C34H39NO4/c36-34(39-23-26-12-6-2-7-13-26)35-31-21-20-30(31)33(38-22-25-10-4-1-5-11-25)32(35)24-37-29-18-16-28(17-19-29)27-14-8-3-9-15-27/h1-15,28-33H,16-24H2/t28-,29+,30-,31+,32-,33?/m0/s1. The second-order valence-electron chi connectivity index (χ2n) is 11.3. The molecule has 1 saturated heterocycles. The van der Waals surface area contributed by atoms with Crippen molar-refractivity contribution in [3.05, 3.63) is 108 Å². The van der Waals surface area contributed by atoms with Crippen molar-refractivity contribution in [3.8, 4) is 0 Å². The summed E-state index contributed by atoms with van der Waals surface area (Å²) in [7, 11) is 0. The SMILES string of the molecule is O=C(OCc1ccccc1)N1[C@@H]2CC[C@@H]2C(OCc2ccccc2)[C@@H]1CO[C@H]1CC[C@@H](c2ccccc2)CC1. The maximum Gasteiger partial charge on any atom is 0.410 e. The van der Waals surface area contributed by atoms with Crippen LogP contribution in [0, 0.1) is 5.92 Å². The molecule has 1 unspecified atom stereocenters. The summed E-state index contributed by atoms with van der Waals surface area (Å²) in [6.07, 6.45) is 6.37. The van der Waals surface area contributed by atoms with Gasteiger partial charge in [0.1, 0.15) is 6.61 Å². The van der Waals surface area contributed by atoms with Gasteiger partial charge in [-0.2, -0.15) is 0 Å². The Morgan fingerprint density at radius 2 is 1.31 bits per heavy atom. The highest BCUT2D eigenvalue weighted by molar-refractivity contribution is 5.69. The van der Waals surface area contributed by atoms with Crippen LogP contribution < -0.4 is 0 Å². The van der Waals surface area contributed by atoms with Crippen LogP contribution in [-0.4, -0.2) is 41.9 Å². The molecular formula is C34H39NO4. The summed E-state index contributed by atoms with van der Waals surface area (Å²) >= 11 is 0. The molecule has 5 nitrogen and oxygen atoms in total. The highest BCUT2D eigenvalue weighted by Gasteiger charge is 2.56. The van der Waals surface area contributed by atoms with E-state index in [1.165, 1.54) is 5.56 Å². The van der Waals surface area contributed by atoms with Crippen LogP contribution in [0.1, 0.15) is 61.1 Å². The molecule has 3 aliphatic rings. The van der Waals surface area contributed by atoms with E-state index < -0.39 is 0 Å². The van der Waals surface area contributed by atoms with Crippen LogP contribution in [-0.2, 0) is 27.4 Å². The normalized spacial score (nSPS) is 27.9. The first-order chi connectivity index (χ1) is 19.3. The predicted octanol–water partition coefficient (Wildman–Crippen LogP) is 7.11. The molecule has 2 saturated carbocycles. The van der Waals surface area contributed by atoms with E-state index in [1.807, 2.05) is 53.4 Å². The Labute approximate surface area is 232 Å². The number of ether oxygens (including phenoxy) is 3. The number of carbonyl (C=O) groups excluding carboxylic acids is 1. The number of nitrogens with zero attached hydrogens (tertiary/aromatic N) is 1. The molecule has 3 fully saturated rings. The summed E-state index contributed by atoms with van der Waals surface area (Å²) in [5.41, 5.74) is 3.58. The molecule has 204 valence electrons. The molecule has 1 amide bonds. The molecule has 4 atom stereocenters. The van der Waals surface area contributed by atoms with E-state index in [0.717, 1.165) is 49.7 Å². The Hall–Kier alpha value is -3.15. The molecule has 3 aromatic rings. The van der Waals surface area contributed by atoms with Gasteiger partial charge in [-0.3, -0.25) is 4.90 Å². The topological polar surface area (TPSA) is 48.0 Å². The number of fused-ring (bicyclic) bond motifs is 1. The van der Waals surface area contributed by atoms with E-state index in [9.17, 15) is 4.79 Å². The summed E-state index contributed by atoms with van der Waals surface area (Å²) in [4.78, 5) is 15.4. The van der Waals surface area contributed by atoms with Crippen molar-refractivity contribution in [2.24, 2.45) is 5.92 Å². The first-order valence-electron chi connectivity index (χ1n) is 14.6. The first-order valence-corrected chi connectivity index (χ1v) is 14.6. The van der Waals surface area contributed by atoms with Crippen molar-refractivity contribution in [2.45, 2.75) is 81.9 Å². The Balaban J connectivity index is 1.11. The van der Waals surface area contributed by atoms with Gasteiger partial charge in [-0.25, -0.2) is 4.79 Å². The van der Waals surface area contributed by atoms with Crippen LogP contribution in [0.3, 0.4) is 0 Å². The Morgan fingerprint density at radius 3 is 1.92 bits per heavy atom. The number of hydrogen-bond donors (Lipinski definition) is 0. The summed E-state index contributed by atoms with van der Waals surface area (Å²) in [6, 6.07) is 31.0. The minimum Gasteiger partial charge on any atom is -0.445 e. The number of amides is 1. The third kappa shape index (κ3) is 6.05. The number of benzene rings is 3. The Bertz CT molecular complexity index is 1180. The van der Waals surface area contributed by atoms with E-state index in [1.54, 1.807) is 0 Å². The van der Waals surface area contributed by atoms with E-state index in [-0.39, 0.29) is 37.0 Å². The van der Waals surface area contributed by atoms with Crippen LogP contribution in [0.5, 0.6) is 0 Å².